The Morgan fingerprint density at radius 3 is 2.77 bits per heavy atom. The fourth-order valence-corrected chi connectivity index (χ4v) is 3.11. The predicted octanol–water partition coefficient (Wildman–Crippen LogP) is 2.09. The van der Waals surface area contributed by atoms with E-state index in [4.69, 9.17) is 5.11 Å². The lowest BCUT2D eigenvalue weighted by Crippen LogP contribution is -2.46. The van der Waals surface area contributed by atoms with Crippen molar-refractivity contribution in [1.29, 1.82) is 0 Å². The molecule has 0 unspecified atom stereocenters. The molecule has 2 N–H and O–H groups in total. The van der Waals surface area contributed by atoms with Crippen molar-refractivity contribution in [3.05, 3.63) is 36.0 Å². The maximum Gasteiger partial charge on any atom is 0.306 e. The third-order valence-corrected chi connectivity index (χ3v) is 4.45. The van der Waals surface area contributed by atoms with Crippen molar-refractivity contribution in [2.75, 3.05) is 0 Å². The van der Waals surface area contributed by atoms with Gasteiger partial charge in [-0.15, -0.1) is 0 Å². The van der Waals surface area contributed by atoms with Gasteiger partial charge in [0.05, 0.1) is 5.92 Å². The van der Waals surface area contributed by atoms with Gasteiger partial charge in [0.1, 0.15) is 0 Å². The number of fused-ring (bicyclic) bond motifs is 1. The number of carbonyl (C=O) groups is 2. The SMILES string of the molecule is Cn1cc(CCC(=O)NC2CC(C(=O)O)C2)c2ccccc21. The van der Waals surface area contributed by atoms with Gasteiger partial charge in [-0.25, -0.2) is 0 Å². The van der Waals surface area contributed by atoms with Gasteiger partial charge in [-0.1, -0.05) is 18.2 Å². The van der Waals surface area contributed by atoms with Gasteiger partial charge in [0.2, 0.25) is 5.91 Å². The topological polar surface area (TPSA) is 71.3 Å². The first-order valence-corrected chi connectivity index (χ1v) is 7.59. The number of carbonyl (C=O) groups excluding carboxylic acids is 1. The van der Waals surface area contributed by atoms with E-state index in [2.05, 4.69) is 28.2 Å². The smallest absolute Gasteiger partial charge is 0.306 e. The van der Waals surface area contributed by atoms with Crippen LogP contribution < -0.4 is 5.32 Å². The summed E-state index contributed by atoms with van der Waals surface area (Å²) >= 11 is 0. The van der Waals surface area contributed by atoms with E-state index in [0.29, 0.717) is 25.7 Å². The minimum absolute atomic E-state index is 0.00164. The molecule has 3 rings (SSSR count). The van der Waals surface area contributed by atoms with Gasteiger partial charge in [-0.3, -0.25) is 9.59 Å². The lowest BCUT2D eigenvalue weighted by atomic mass is 9.80. The van der Waals surface area contributed by atoms with Crippen LogP contribution in [-0.4, -0.2) is 27.6 Å². The molecule has 1 aliphatic carbocycles. The Kier molecular flexibility index (Phi) is 3.88. The average Bonchev–Trinajstić information content (AvgIpc) is 2.77. The van der Waals surface area contributed by atoms with Crippen LogP contribution in [0, 0.1) is 5.92 Å². The number of nitrogens with one attached hydrogen (secondary N) is 1. The van der Waals surface area contributed by atoms with Gasteiger partial charge in [0.25, 0.3) is 0 Å². The molecule has 1 aromatic carbocycles. The molecule has 0 atom stereocenters. The minimum atomic E-state index is -0.763. The molecule has 1 heterocycles. The molecular weight excluding hydrogens is 280 g/mol. The van der Waals surface area contributed by atoms with E-state index in [1.54, 1.807) is 0 Å². The lowest BCUT2D eigenvalue weighted by Gasteiger charge is -2.32. The first-order chi connectivity index (χ1) is 10.5. The summed E-state index contributed by atoms with van der Waals surface area (Å²) in [5, 5.41) is 12.9. The number of aryl methyl sites for hydroxylation is 2. The van der Waals surface area contributed by atoms with Crippen molar-refractivity contribution in [2.24, 2.45) is 13.0 Å². The quantitative estimate of drug-likeness (QED) is 0.888. The molecule has 5 heteroatoms. The van der Waals surface area contributed by atoms with Gasteiger partial charge >= 0.3 is 5.97 Å². The molecule has 1 amide bonds. The van der Waals surface area contributed by atoms with Crippen LogP contribution in [0.4, 0.5) is 0 Å². The van der Waals surface area contributed by atoms with Gasteiger partial charge in [0, 0.05) is 36.6 Å². The molecule has 0 radical (unpaired) electrons. The summed E-state index contributed by atoms with van der Waals surface area (Å²) in [6.45, 7) is 0. The number of aromatic nitrogens is 1. The highest BCUT2D eigenvalue weighted by molar-refractivity contribution is 5.85. The number of benzene rings is 1. The largest absolute Gasteiger partial charge is 0.481 e. The number of para-hydroxylation sites is 1. The number of rotatable bonds is 5. The molecule has 1 saturated carbocycles. The first kappa shape index (κ1) is 14.6. The molecule has 116 valence electrons. The number of amides is 1. The van der Waals surface area contributed by atoms with Crippen molar-refractivity contribution in [1.82, 2.24) is 9.88 Å². The summed E-state index contributed by atoms with van der Waals surface area (Å²) < 4.78 is 2.08. The lowest BCUT2D eigenvalue weighted by molar-refractivity contribution is -0.146. The number of carboxylic acid groups (broad SMARTS) is 1. The van der Waals surface area contributed by atoms with Gasteiger partial charge in [0.15, 0.2) is 0 Å². The summed E-state index contributed by atoms with van der Waals surface area (Å²) in [4.78, 5) is 22.7. The number of aliphatic carboxylic acids is 1. The van der Waals surface area contributed by atoms with E-state index in [1.165, 1.54) is 16.5 Å². The van der Waals surface area contributed by atoms with Crippen LogP contribution in [0.5, 0.6) is 0 Å². The van der Waals surface area contributed by atoms with Gasteiger partial charge < -0.3 is 15.0 Å². The highest BCUT2D eigenvalue weighted by Gasteiger charge is 2.35. The van der Waals surface area contributed by atoms with E-state index < -0.39 is 5.97 Å². The Labute approximate surface area is 128 Å². The summed E-state index contributed by atoms with van der Waals surface area (Å²) in [7, 11) is 2.01. The third kappa shape index (κ3) is 2.84. The summed E-state index contributed by atoms with van der Waals surface area (Å²) in [5.41, 5.74) is 2.34. The van der Waals surface area contributed by atoms with E-state index in [1.807, 2.05) is 19.2 Å². The second-order valence-corrected chi connectivity index (χ2v) is 6.05. The first-order valence-electron chi connectivity index (χ1n) is 7.59. The molecule has 5 nitrogen and oxygen atoms in total. The maximum absolute atomic E-state index is 12.0. The molecule has 0 saturated heterocycles. The molecule has 1 aromatic heterocycles. The predicted molar refractivity (Wildman–Crippen MR) is 83.5 cm³/mol. The van der Waals surface area contributed by atoms with Crippen LogP contribution in [0.2, 0.25) is 0 Å². The Hall–Kier alpha value is -2.30. The number of nitrogens with zero attached hydrogens (tertiary/aromatic N) is 1. The molecular formula is C17H20N2O3. The van der Waals surface area contributed by atoms with Crippen LogP contribution >= 0.6 is 0 Å². The molecule has 2 aromatic rings. The molecule has 0 bridgehead atoms. The van der Waals surface area contributed by atoms with Crippen LogP contribution in [0.1, 0.15) is 24.8 Å². The van der Waals surface area contributed by atoms with E-state index >= 15 is 0 Å². The fourth-order valence-electron chi connectivity index (χ4n) is 3.11. The number of hydrogen-bond donors (Lipinski definition) is 2. The van der Waals surface area contributed by atoms with Crippen molar-refractivity contribution in [3.63, 3.8) is 0 Å². The monoisotopic (exact) mass is 300 g/mol. The Morgan fingerprint density at radius 2 is 2.05 bits per heavy atom. The molecule has 1 aliphatic rings. The Morgan fingerprint density at radius 1 is 1.32 bits per heavy atom. The van der Waals surface area contributed by atoms with E-state index in [-0.39, 0.29) is 17.9 Å². The number of hydrogen-bond acceptors (Lipinski definition) is 2. The second-order valence-electron chi connectivity index (χ2n) is 6.05. The zero-order chi connectivity index (χ0) is 15.7. The van der Waals surface area contributed by atoms with Gasteiger partial charge in [-0.2, -0.15) is 0 Å². The fraction of sp³-hybridized carbons (Fsp3) is 0.412. The van der Waals surface area contributed by atoms with E-state index in [9.17, 15) is 9.59 Å². The summed E-state index contributed by atoms with van der Waals surface area (Å²) in [6, 6.07) is 8.19. The van der Waals surface area contributed by atoms with Crippen molar-refractivity contribution in [3.8, 4) is 0 Å². The van der Waals surface area contributed by atoms with E-state index in [0.717, 1.165) is 0 Å². The van der Waals surface area contributed by atoms with Crippen LogP contribution in [-0.2, 0) is 23.1 Å². The van der Waals surface area contributed by atoms with Crippen LogP contribution in [0.15, 0.2) is 30.5 Å². The highest BCUT2D eigenvalue weighted by Crippen LogP contribution is 2.27. The maximum atomic E-state index is 12.0. The average molecular weight is 300 g/mol. The van der Waals surface area contributed by atoms with Gasteiger partial charge in [-0.05, 0) is 30.9 Å². The zero-order valence-corrected chi connectivity index (χ0v) is 12.6. The van der Waals surface area contributed by atoms with Crippen LogP contribution in [0.25, 0.3) is 10.9 Å². The summed E-state index contributed by atoms with van der Waals surface area (Å²) in [6.07, 6.45) is 4.30. The zero-order valence-electron chi connectivity index (χ0n) is 12.6. The third-order valence-electron chi connectivity index (χ3n) is 4.45. The Balaban J connectivity index is 1.54. The normalized spacial score (nSPS) is 20.6. The standard InChI is InChI=1S/C17H20N2O3/c1-19-10-11(14-4-2-3-5-15(14)19)6-7-16(20)18-13-8-12(9-13)17(21)22/h2-5,10,12-13H,6-9H2,1H3,(H,18,20)(H,21,22). The van der Waals surface area contributed by atoms with Crippen molar-refractivity contribution in [2.45, 2.75) is 31.7 Å². The van der Waals surface area contributed by atoms with Crippen LogP contribution in [0.3, 0.4) is 0 Å². The molecule has 0 aliphatic heterocycles. The highest BCUT2D eigenvalue weighted by atomic mass is 16.4. The number of carboxylic acids is 1. The minimum Gasteiger partial charge on any atom is -0.481 e. The Bertz CT molecular complexity index is 714. The van der Waals surface area contributed by atoms with Crippen molar-refractivity contribution < 1.29 is 14.7 Å². The molecule has 22 heavy (non-hydrogen) atoms. The van der Waals surface area contributed by atoms with Crippen molar-refractivity contribution >= 4 is 22.8 Å². The molecule has 0 spiro atoms. The second kappa shape index (κ2) is 5.83. The summed E-state index contributed by atoms with van der Waals surface area (Å²) in [5.74, 6) is -1.05. The molecule has 1 fully saturated rings.